The van der Waals surface area contributed by atoms with Gasteiger partial charge in [0.25, 0.3) is 20.2 Å². The van der Waals surface area contributed by atoms with E-state index < -0.39 is 51.4 Å². The lowest BCUT2D eigenvalue weighted by molar-refractivity contribution is -0.118. The highest BCUT2D eigenvalue weighted by atomic mass is 32.2. The Balaban J connectivity index is 1.93. The van der Waals surface area contributed by atoms with Crippen molar-refractivity contribution in [2.75, 3.05) is 31.5 Å². The summed E-state index contributed by atoms with van der Waals surface area (Å²) in [6, 6.07) is 0. The van der Waals surface area contributed by atoms with Gasteiger partial charge in [-0.2, -0.15) is 16.8 Å². The van der Waals surface area contributed by atoms with E-state index in [0.29, 0.717) is 0 Å². The zero-order valence-corrected chi connectivity index (χ0v) is 16.6. The molecule has 1 saturated heterocycles. The van der Waals surface area contributed by atoms with E-state index in [1.807, 2.05) is 0 Å². The van der Waals surface area contributed by atoms with Crippen molar-refractivity contribution in [3.05, 3.63) is 12.7 Å². The monoisotopic (exact) mass is 437 g/mol. The quantitative estimate of drug-likeness (QED) is 0.472. The summed E-state index contributed by atoms with van der Waals surface area (Å²) >= 11 is 0. The summed E-state index contributed by atoms with van der Waals surface area (Å²) in [7, 11) is -7.71. The van der Waals surface area contributed by atoms with Crippen LogP contribution in [0.3, 0.4) is 0 Å². The molecule has 15 heteroatoms. The zero-order chi connectivity index (χ0) is 20.7. The van der Waals surface area contributed by atoms with E-state index in [9.17, 15) is 21.9 Å². The van der Waals surface area contributed by atoms with Crippen LogP contribution >= 0.6 is 0 Å². The molecule has 1 aliphatic rings. The number of fused-ring (bicyclic) bond motifs is 1. The second-order valence-electron chi connectivity index (χ2n) is 6.48. The fourth-order valence-electron chi connectivity index (χ4n) is 2.82. The Hall–Kier alpha value is -1.91. The number of ether oxygens (including phenoxy) is 1. The lowest BCUT2D eigenvalue weighted by atomic mass is 10.0. The van der Waals surface area contributed by atoms with E-state index in [4.69, 9.17) is 18.8 Å². The van der Waals surface area contributed by atoms with Crippen molar-refractivity contribution >= 4 is 37.2 Å². The first-order valence-corrected chi connectivity index (χ1v) is 11.5. The molecule has 0 aliphatic carbocycles. The second kappa shape index (κ2) is 7.16. The van der Waals surface area contributed by atoms with Crippen molar-refractivity contribution < 1.29 is 35.0 Å². The number of aliphatic hydroxyl groups is 1. The molecule has 2 aromatic rings. The molecule has 1 aliphatic heterocycles. The van der Waals surface area contributed by atoms with Crippen LogP contribution in [0.2, 0.25) is 0 Å². The second-order valence-corrected chi connectivity index (χ2v) is 9.77. The van der Waals surface area contributed by atoms with Gasteiger partial charge >= 0.3 is 0 Å². The molecule has 0 amide bonds. The number of imidazole rings is 1. The van der Waals surface area contributed by atoms with Crippen LogP contribution in [0.15, 0.2) is 12.7 Å². The molecule has 0 aromatic carbocycles. The summed E-state index contributed by atoms with van der Waals surface area (Å²) in [5.41, 5.74) is 4.76. The normalized spacial score (nSPS) is 22.7. The third-order valence-electron chi connectivity index (χ3n) is 4.01. The van der Waals surface area contributed by atoms with E-state index in [1.165, 1.54) is 17.2 Å². The molecule has 0 unspecified atom stereocenters. The first-order valence-electron chi connectivity index (χ1n) is 7.87. The fraction of sp³-hybridized carbons (Fsp3) is 0.615. The number of rotatable bonds is 7. The summed E-state index contributed by atoms with van der Waals surface area (Å²) in [5.74, 6) is 0.128. The third-order valence-corrected chi connectivity index (χ3v) is 5.11. The summed E-state index contributed by atoms with van der Waals surface area (Å²) in [6.45, 7) is -1.11. The van der Waals surface area contributed by atoms with E-state index >= 15 is 0 Å². The molecule has 3 heterocycles. The molecule has 28 heavy (non-hydrogen) atoms. The SMILES string of the molecule is CS(=O)(=O)OCC1(COS(C)(=O)=O)C[C@@H](O)[C@H](n2cnc3c(N)ncnc32)O1. The first kappa shape index (κ1) is 20.8. The minimum absolute atomic E-state index is 0.128. The van der Waals surface area contributed by atoms with Crippen LogP contribution in [-0.2, 0) is 33.3 Å². The number of aliphatic hydroxyl groups excluding tert-OH is 1. The fourth-order valence-corrected chi connectivity index (χ4v) is 3.68. The van der Waals surface area contributed by atoms with E-state index in [0.717, 1.165) is 12.5 Å². The predicted molar refractivity (Wildman–Crippen MR) is 94.8 cm³/mol. The van der Waals surface area contributed by atoms with Gasteiger partial charge in [-0.25, -0.2) is 15.0 Å². The van der Waals surface area contributed by atoms with Crippen LogP contribution in [0.25, 0.3) is 11.2 Å². The molecular formula is C13H19N5O8S2. The average Bonchev–Trinajstić information content (AvgIpc) is 3.13. The third kappa shape index (κ3) is 4.56. The largest absolute Gasteiger partial charge is 0.388 e. The average molecular weight is 437 g/mol. The number of hydrogen-bond acceptors (Lipinski definition) is 12. The van der Waals surface area contributed by atoms with Gasteiger partial charge in [-0.05, 0) is 0 Å². The van der Waals surface area contributed by atoms with Crippen LogP contribution in [0.5, 0.6) is 0 Å². The van der Waals surface area contributed by atoms with Gasteiger partial charge in [-0.1, -0.05) is 0 Å². The highest BCUT2D eigenvalue weighted by molar-refractivity contribution is 7.86. The van der Waals surface area contributed by atoms with Gasteiger partial charge in [0, 0.05) is 6.42 Å². The Labute approximate surface area is 160 Å². The Morgan fingerprint density at radius 3 is 2.39 bits per heavy atom. The Bertz CT molecular complexity index is 1050. The number of nitrogen functional groups attached to an aromatic ring is 1. The maximum atomic E-state index is 11.4. The lowest BCUT2D eigenvalue weighted by Crippen LogP contribution is -2.41. The first-order chi connectivity index (χ1) is 12.9. The molecule has 156 valence electrons. The lowest BCUT2D eigenvalue weighted by Gasteiger charge is -2.27. The molecule has 0 bridgehead atoms. The molecule has 3 N–H and O–H groups in total. The van der Waals surface area contributed by atoms with Gasteiger partial charge in [0.05, 0.1) is 32.1 Å². The van der Waals surface area contributed by atoms with Gasteiger partial charge in [-0.3, -0.25) is 12.9 Å². The molecule has 2 atom stereocenters. The number of anilines is 1. The van der Waals surface area contributed by atoms with Crippen molar-refractivity contribution in [2.24, 2.45) is 0 Å². The summed E-state index contributed by atoms with van der Waals surface area (Å²) < 4.78 is 62.4. The maximum absolute atomic E-state index is 11.4. The van der Waals surface area contributed by atoms with Gasteiger partial charge in [-0.15, -0.1) is 0 Å². The van der Waals surface area contributed by atoms with Crippen molar-refractivity contribution in [3.63, 3.8) is 0 Å². The standard InChI is InChI=1S/C13H19N5O8S2/c1-27(20,21)24-4-13(5-25-28(2,22)23)3-8(19)12(26-13)18-7-17-9-10(14)15-6-16-11(9)18/h6-8,12,19H,3-5H2,1-2H3,(H2,14,15,16)/t8-,12-/m1/s1. The molecular weight excluding hydrogens is 418 g/mol. The highest BCUT2D eigenvalue weighted by Crippen LogP contribution is 2.39. The van der Waals surface area contributed by atoms with E-state index in [1.54, 1.807) is 0 Å². The van der Waals surface area contributed by atoms with E-state index in [2.05, 4.69) is 15.0 Å². The zero-order valence-electron chi connectivity index (χ0n) is 14.9. The number of nitrogens with zero attached hydrogens (tertiary/aromatic N) is 4. The van der Waals surface area contributed by atoms with E-state index in [-0.39, 0.29) is 23.4 Å². The van der Waals surface area contributed by atoms with Gasteiger partial charge < -0.3 is 15.6 Å². The Kier molecular flexibility index (Phi) is 5.32. The van der Waals surface area contributed by atoms with Crippen LogP contribution in [0.1, 0.15) is 12.6 Å². The predicted octanol–water partition coefficient (Wildman–Crippen LogP) is -1.62. The molecule has 1 fully saturated rings. The van der Waals surface area contributed by atoms with Crippen molar-refractivity contribution in [2.45, 2.75) is 24.4 Å². The minimum atomic E-state index is -3.86. The molecule has 2 aromatic heterocycles. The Morgan fingerprint density at radius 1 is 1.21 bits per heavy atom. The number of nitrogens with two attached hydrogens (primary N) is 1. The number of hydrogen-bond donors (Lipinski definition) is 2. The molecule has 0 spiro atoms. The van der Waals surface area contributed by atoms with Crippen LogP contribution in [-0.4, -0.2) is 78.9 Å². The molecule has 0 radical (unpaired) electrons. The Morgan fingerprint density at radius 2 is 1.82 bits per heavy atom. The van der Waals surface area contributed by atoms with Crippen molar-refractivity contribution in [1.29, 1.82) is 0 Å². The van der Waals surface area contributed by atoms with Crippen LogP contribution < -0.4 is 5.73 Å². The molecule has 0 saturated carbocycles. The molecule has 3 rings (SSSR count). The van der Waals surface area contributed by atoms with Crippen LogP contribution in [0.4, 0.5) is 5.82 Å². The van der Waals surface area contributed by atoms with Gasteiger partial charge in [0.1, 0.15) is 23.5 Å². The van der Waals surface area contributed by atoms with Crippen molar-refractivity contribution in [1.82, 2.24) is 19.5 Å². The smallest absolute Gasteiger partial charge is 0.264 e. The minimum Gasteiger partial charge on any atom is -0.388 e. The van der Waals surface area contributed by atoms with Crippen molar-refractivity contribution in [3.8, 4) is 0 Å². The summed E-state index contributed by atoms with van der Waals surface area (Å²) in [5, 5.41) is 10.5. The van der Waals surface area contributed by atoms with Gasteiger partial charge in [0.2, 0.25) is 0 Å². The molecule has 13 nitrogen and oxygen atoms in total. The maximum Gasteiger partial charge on any atom is 0.264 e. The highest BCUT2D eigenvalue weighted by Gasteiger charge is 2.49. The topological polar surface area (TPSA) is 186 Å². The number of aromatic nitrogens is 4. The van der Waals surface area contributed by atoms with Gasteiger partial charge in [0.15, 0.2) is 17.7 Å². The summed E-state index contributed by atoms with van der Waals surface area (Å²) in [4.78, 5) is 12.0. The van der Waals surface area contributed by atoms with Crippen LogP contribution in [0, 0.1) is 0 Å². The summed E-state index contributed by atoms with van der Waals surface area (Å²) in [6.07, 6.45) is 1.82.